The summed E-state index contributed by atoms with van der Waals surface area (Å²) in [6, 6.07) is 3.51. The van der Waals surface area contributed by atoms with Crippen LogP contribution in [0.4, 0.5) is 0 Å². The molecule has 4 nitrogen and oxygen atoms in total. The first-order chi connectivity index (χ1) is 7.59. The third kappa shape index (κ3) is 4.31. The summed E-state index contributed by atoms with van der Waals surface area (Å²) in [5, 5.41) is 12.1. The Bertz CT molecular complexity index is 341. The second-order valence-electron chi connectivity index (χ2n) is 3.91. The molecule has 1 rings (SSSR count). The van der Waals surface area contributed by atoms with E-state index in [-0.39, 0.29) is 18.4 Å². The molecule has 0 fully saturated rings. The summed E-state index contributed by atoms with van der Waals surface area (Å²) in [6.07, 6.45) is 3.99. The highest BCUT2D eigenvalue weighted by molar-refractivity contribution is 5.91. The third-order valence-corrected chi connectivity index (χ3v) is 2.20. The van der Waals surface area contributed by atoms with Gasteiger partial charge >= 0.3 is 0 Å². The van der Waals surface area contributed by atoms with Crippen LogP contribution >= 0.6 is 0 Å². The number of aliphatic hydroxyl groups excluding tert-OH is 1. The maximum Gasteiger partial charge on any atom is 0.244 e. The minimum atomic E-state index is -0.513. The monoisotopic (exact) mass is 223 g/mol. The molecular weight excluding hydrogens is 206 g/mol. The molecule has 0 spiro atoms. The lowest BCUT2D eigenvalue weighted by atomic mass is 10.1. The lowest BCUT2D eigenvalue weighted by Crippen LogP contribution is -2.33. The molecule has 0 radical (unpaired) electrons. The molecule has 4 heteroatoms. The SMILES string of the molecule is CC(C)C(O)CNC(=O)/C=C/c1ccco1. The molecule has 88 valence electrons. The van der Waals surface area contributed by atoms with Crippen molar-refractivity contribution in [3.8, 4) is 0 Å². The van der Waals surface area contributed by atoms with Crippen molar-refractivity contribution in [1.82, 2.24) is 5.32 Å². The fourth-order valence-corrected chi connectivity index (χ4v) is 1.04. The number of carbonyl (C=O) groups excluding carboxylic acids is 1. The molecule has 1 aromatic heterocycles. The van der Waals surface area contributed by atoms with Gasteiger partial charge in [-0.25, -0.2) is 0 Å². The summed E-state index contributed by atoms with van der Waals surface area (Å²) in [5.74, 6) is 0.519. The van der Waals surface area contributed by atoms with E-state index in [0.29, 0.717) is 5.76 Å². The van der Waals surface area contributed by atoms with Gasteiger partial charge in [-0.3, -0.25) is 4.79 Å². The predicted molar refractivity (Wildman–Crippen MR) is 61.6 cm³/mol. The number of carbonyl (C=O) groups is 1. The van der Waals surface area contributed by atoms with Gasteiger partial charge in [0.2, 0.25) is 5.91 Å². The fraction of sp³-hybridized carbons (Fsp3) is 0.417. The topological polar surface area (TPSA) is 62.5 Å². The number of nitrogens with one attached hydrogen (secondary N) is 1. The minimum absolute atomic E-state index is 0.134. The highest BCUT2D eigenvalue weighted by Gasteiger charge is 2.09. The first kappa shape index (κ1) is 12.5. The van der Waals surface area contributed by atoms with Crippen LogP contribution < -0.4 is 5.32 Å². The van der Waals surface area contributed by atoms with Crippen molar-refractivity contribution in [3.63, 3.8) is 0 Å². The Balaban J connectivity index is 2.31. The van der Waals surface area contributed by atoms with Crippen LogP contribution in [-0.2, 0) is 4.79 Å². The Morgan fingerprint density at radius 3 is 2.94 bits per heavy atom. The van der Waals surface area contributed by atoms with Crippen LogP contribution in [0.15, 0.2) is 28.9 Å². The molecule has 0 aliphatic rings. The average Bonchev–Trinajstić information content (AvgIpc) is 2.75. The van der Waals surface area contributed by atoms with Crippen molar-refractivity contribution in [1.29, 1.82) is 0 Å². The largest absolute Gasteiger partial charge is 0.465 e. The molecule has 0 saturated carbocycles. The first-order valence-electron chi connectivity index (χ1n) is 5.27. The molecule has 16 heavy (non-hydrogen) atoms. The van der Waals surface area contributed by atoms with Crippen molar-refractivity contribution in [2.24, 2.45) is 5.92 Å². The van der Waals surface area contributed by atoms with Gasteiger partial charge in [-0.15, -0.1) is 0 Å². The molecular formula is C12H17NO3. The molecule has 2 N–H and O–H groups in total. The van der Waals surface area contributed by atoms with Crippen molar-refractivity contribution < 1.29 is 14.3 Å². The Kier molecular flexibility index (Phi) is 4.79. The number of amides is 1. The van der Waals surface area contributed by atoms with Gasteiger partial charge in [0, 0.05) is 12.6 Å². The Morgan fingerprint density at radius 2 is 2.38 bits per heavy atom. The van der Waals surface area contributed by atoms with Crippen molar-refractivity contribution >= 4 is 12.0 Å². The van der Waals surface area contributed by atoms with Crippen LogP contribution in [0.1, 0.15) is 19.6 Å². The molecule has 0 bridgehead atoms. The summed E-state index contributed by atoms with van der Waals surface area (Å²) >= 11 is 0. The lowest BCUT2D eigenvalue weighted by molar-refractivity contribution is -0.117. The fourth-order valence-electron chi connectivity index (χ4n) is 1.04. The molecule has 1 heterocycles. The molecule has 0 aliphatic heterocycles. The number of hydrogen-bond acceptors (Lipinski definition) is 3. The Hall–Kier alpha value is -1.55. The highest BCUT2D eigenvalue weighted by Crippen LogP contribution is 2.02. The second-order valence-corrected chi connectivity index (χ2v) is 3.91. The third-order valence-electron chi connectivity index (χ3n) is 2.20. The van der Waals surface area contributed by atoms with Crippen LogP contribution in [0.3, 0.4) is 0 Å². The molecule has 0 aliphatic carbocycles. The second kappa shape index (κ2) is 6.12. The van der Waals surface area contributed by atoms with Crippen LogP contribution in [0.2, 0.25) is 0 Å². The average molecular weight is 223 g/mol. The zero-order chi connectivity index (χ0) is 12.0. The number of furan rings is 1. The van der Waals surface area contributed by atoms with E-state index in [1.54, 1.807) is 24.5 Å². The minimum Gasteiger partial charge on any atom is -0.465 e. The maximum atomic E-state index is 11.3. The van der Waals surface area contributed by atoms with E-state index in [9.17, 15) is 9.90 Å². The van der Waals surface area contributed by atoms with E-state index in [1.165, 1.54) is 6.08 Å². The maximum absolute atomic E-state index is 11.3. The number of hydrogen-bond donors (Lipinski definition) is 2. The zero-order valence-electron chi connectivity index (χ0n) is 9.51. The molecule has 1 atom stereocenters. The summed E-state index contributed by atoms with van der Waals surface area (Å²) < 4.78 is 5.03. The molecule has 1 aromatic rings. The van der Waals surface area contributed by atoms with Gasteiger partial charge in [0.05, 0.1) is 12.4 Å². The van der Waals surface area contributed by atoms with E-state index < -0.39 is 6.10 Å². The lowest BCUT2D eigenvalue weighted by Gasteiger charge is -2.13. The summed E-state index contributed by atoms with van der Waals surface area (Å²) in [6.45, 7) is 4.06. The molecule has 0 aromatic carbocycles. The van der Waals surface area contributed by atoms with E-state index in [1.807, 2.05) is 13.8 Å². The van der Waals surface area contributed by atoms with E-state index in [4.69, 9.17) is 4.42 Å². The van der Waals surface area contributed by atoms with Gasteiger partial charge in [-0.1, -0.05) is 13.8 Å². The van der Waals surface area contributed by atoms with Gasteiger partial charge in [0.15, 0.2) is 0 Å². The smallest absolute Gasteiger partial charge is 0.244 e. The quantitative estimate of drug-likeness (QED) is 0.742. The van der Waals surface area contributed by atoms with E-state index in [2.05, 4.69) is 5.32 Å². The van der Waals surface area contributed by atoms with Crippen LogP contribution in [0.5, 0.6) is 0 Å². The van der Waals surface area contributed by atoms with Gasteiger partial charge < -0.3 is 14.8 Å². The van der Waals surface area contributed by atoms with E-state index >= 15 is 0 Å². The summed E-state index contributed by atoms with van der Waals surface area (Å²) in [4.78, 5) is 11.3. The Labute approximate surface area is 95.0 Å². The van der Waals surface area contributed by atoms with Gasteiger partial charge in [0.25, 0.3) is 0 Å². The summed E-state index contributed by atoms with van der Waals surface area (Å²) in [7, 11) is 0. The zero-order valence-corrected chi connectivity index (χ0v) is 9.51. The predicted octanol–water partition coefficient (Wildman–Crippen LogP) is 1.43. The normalized spacial score (nSPS) is 13.2. The summed E-state index contributed by atoms with van der Waals surface area (Å²) in [5.41, 5.74) is 0. The standard InChI is InChI=1S/C12H17NO3/c1-9(2)11(14)8-13-12(15)6-5-10-4-3-7-16-10/h3-7,9,11,14H,8H2,1-2H3,(H,13,15)/b6-5+. The van der Waals surface area contributed by atoms with Crippen molar-refractivity contribution in [2.75, 3.05) is 6.54 Å². The van der Waals surface area contributed by atoms with Gasteiger partial charge in [-0.2, -0.15) is 0 Å². The number of aliphatic hydroxyl groups is 1. The molecule has 1 unspecified atom stereocenters. The molecule has 1 amide bonds. The van der Waals surface area contributed by atoms with Gasteiger partial charge in [-0.05, 0) is 24.1 Å². The first-order valence-corrected chi connectivity index (χ1v) is 5.27. The van der Waals surface area contributed by atoms with Crippen LogP contribution in [0, 0.1) is 5.92 Å². The number of rotatable bonds is 5. The van der Waals surface area contributed by atoms with E-state index in [0.717, 1.165) is 0 Å². The highest BCUT2D eigenvalue weighted by atomic mass is 16.3. The van der Waals surface area contributed by atoms with Crippen molar-refractivity contribution in [2.45, 2.75) is 20.0 Å². The van der Waals surface area contributed by atoms with Gasteiger partial charge in [0.1, 0.15) is 5.76 Å². The van der Waals surface area contributed by atoms with Crippen LogP contribution in [0.25, 0.3) is 6.08 Å². The van der Waals surface area contributed by atoms with Crippen molar-refractivity contribution in [3.05, 3.63) is 30.2 Å². The van der Waals surface area contributed by atoms with Crippen LogP contribution in [-0.4, -0.2) is 23.7 Å². The Morgan fingerprint density at radius 1 is 1.62 bits per heavy atom. The molecule has 0 saturated heterocycles.